The topological polar surface area (TPSA) is 71.4 Å². The van der Waals surface area contributed by atoms with Crippen molar-refractivity contribution in [1.82, 2.24) is 20.0 Å². The first-order valence-corrected chi connectivity index (χ1v) is 10.1. The molecule has 1 aliphatic heterocycles. The molecule has 1 saturated carbocycles. The molecule has 2 N–H and O–H groups in total. The maximum atomic E-state index is 12.5. The Morgan fingerprint density at radius 3 is 2.79 bits per heavy atom. The average Bonchev–Trinajstić information content (AvgIpc) is 3.49. The van der Waals surface area contributed by atoms with E-state index < -0.39 is 0 Å². The zero-order valence-electron chi connectivity index (χ0n) is 16.6. The normalized spacial score (nSPS) is 22.8. The van der Waals surface area contributed by atoms with Gasteiger partial charge in [0.05, 0.1) is 30.1 Å². The van der Waals surface area contributed by atoms with E-state index in [9.17, 15) is 4.79 Å². The van der Waals surface area contributed by atoms with Crippen molar-refractivity contribution in [2.24, 2.45) is 7.05 Å². The van der Waals surface area contributed by atoms with Crippen LogP contribution in [0.15, 0.2) is 36.5 Å². The average molecular weight is 383 g/mol. The van der Waals surface area contributed by atoms with Crippen molar-refractivity contribution in [3.05, 3.63) is 47.8 Å². The number of morpholine rings is 1. The number of likely N-dealkylation sites (N-methyl/N-ethyl adjacent to an activating group) is 1. The van der Waals surface area contributed by atoms with Crippen molar-refractivity contribution in [3.8, 4) is 0 Å². The second kappa shape index (κ2) is 8.32. The standard InChI is InChI=1S/C21H29N5O2/c1-3-26-11-12-28-18(20(26)16-7-5-4-6-8-16)13-22-21(27)23-17-14-25(2)24-19(17)15-9-10-15/h4-8,14-15,18,20H,3,9-13H2,1-2H3,(H2,22,23,27)/t18-,20-/m0/s1. The van der Waals surface area contributed by atoms with Gasteiger partial charge in [-0.15, -0.1) is 0 Å². The minimum absolute atomic E-state index is 0.0846. The first-order valence-electron chi connectivity index (χ1n) is 10.1. The number of amides is 2. The first-order chi connectivity index (χ1) is 13.7. The number of hydrogen-bond acceptors (Lipinski definition) is 4. The highest BCUT2D eigenvalue weighted by atomic mass is 16.5. The van der Waals surface area contributed by atoms with Crippen LogP contribution >= 0.6 is 0 Å². The van der Waals surface area contributed by atoms with Crippen molar-refractivity contribution in [3.63, 3.8) is 0 Å². The molecule has 0 bridgehead atoms. The van der Waals surface area contributed by atoms with Crippen molar-refractivity contribution in [2.45, 2.75) is 37.8 Å². The number of carbonyl (C=O) groups is 1. The molecular weight excluding hydrogens is 354 g/mol. The number of nitrogens with one attached hydrogen (secondary N) is 2. The van der Waals surface area contributed by atoms with E-state index in [2.05, 4.69) is 51.8 Å². The van der Waals surface area contributed by atoms with Crippen LogP contribution in [0.3, 0.4) is 0 Å². The monoisotopic (exact) mass is 383 g/mol. The maximum Gasteiger partial charge on any atom is 0.319 e. The van der Waals surface area contributed by atoms with Crippen molar-refractivity contribution in [2.75, 3.05) is 31.6 Å². The number of benzene rings is 1. The smallest absolute Gasteiger partial charge is 0.319 e. The Bertz CT molecular complexity index is 802. The minimum atomic E-state index is -0.209. The Hall–Kier alpha value is -2.38. The highest BCUT2D eigenvalue weighted by Crippen LogP contribution is 2.42. The third-order valence-corrected chi connectivity index (χ3v) is 5.54. The van der Waals surface area contributed by atoms with Gasteiger partial charge < -0.3 is 15.4 Å². The van der Waals surface area contributed by atoms with Crippen molar-refractivity contribution < 1.29 is 9.53 Å². The lowest BCUT2D eigenvalue weighted by atomic mass is 9.98. The number of hydrogen-bond donors (Lipinski definition) is 2. The molecular formula is C21H29N5O2. The molecule has 7 nitrogen and oxygen atoms in total. The highest BCUT2D eigenvalue weighted by Gasteiger charge is 2.33. The number of urea groups is 1. The van der Waals surface area contributed by atoms with E-state index in [0.717, 1.165) is 37.3 Å². The van der Waals surface area contributed by atoms with Crippen LogP contribution in [0.4, 0.5) is 10.5 Å². The van der Waals surface area contributed by atoms with Gasteiger partial charge in [-0.2, -0.15) is 5.10 Å². The second-order valence-electron chi connectivity index (χ2n) is 7.60. The molecule has 2 heterocycles. The Labute approximate surface area is 166 Å². The van der Waals surface area contributed by atoms with E-state index >= 15 is 0 Å². The lowest BCUT2D eigenvalue weighted by molar-refractivity contribution is -0.0680. The van der Waals surface area contributed by atoms with Gasteiger partial charge in [-0.3, -0.25) is 9.58 Å². The Morgan fingerprint density at radius 2 is 2.07 bits per heavy atom. The fraction of sp³-hybridized carbons (Fsp3) is 0.524. The molecule has 4 rings (SSSR count). The first kappa shape index (κ1) is 19.0. The fourth-order valence-electron chi connectivity index (χ4n) is 4.01. The van der Waals surface area contributed by atoms with Crippen LogP contribution in [0, 0.1) is 0 Å². The van der Waals surface area contributed by atoms with Gasteiger partial charge in [0, 0.05) is 32.3 Å². The van der Waals surface area contributed by atoms with Gasteiger partial charge in [0.1, 0.15) is 0 Å². The zero-order chi connectivity index (χ0) is 19.5. The van der Waals surface area contributed by atoms with Crippen LogP contribution in [-0.4, -0.2) is 53.1 Å². The van der Waals surface area contributed by atoms with Crippen molar-refractivity contribution >= 4 is 11.7 Å². The fourth-order valence-corrected chi connectivity index (χ4v) is 4.01. The minimum Gasteiger partial charge on any atom is -0.373 e. The van der Waals surface area contributed by atoms with Gasteiger partial charge in [-0.1, -0.05) is 37.3 Å². The SMILES string of the molecule is CCN1CCO[C@@H](CNC(=O)Nc2cn(C)nc2C2CC2)[C@@H]1c1ccccc1. The molecule has 2 amide bonds. The molecule has 0 unspecified atom stereocenters. The predicted octanol–water partition coefficient (Wildman–Crippen LogP) is 2.88. The molecule has 150 valence electrons. The molecule has 1 aromatic carbocycles. The van der Waals surface area contributed by atoms with E-state index in [0.29, 0.717) is 19.1 Å². The number of carbonyl (C=O) groups excluding carboxylic acids is 1. The van der Waals surface area contributed by atoms with Crippen LogP contribution < -0.4 is 10.6 Å². The highest BCUT2D eigenvalue weighted by molar-refractivity contribution is 5.89. The van der Waals surface area contributed by atoms with Gasteiger partial charge in [-0.25, -0.2) is 4.79 Å². The lowest BCUT2D eigenvalue weighted by Gasteiger charge is -2.41. The summed E-state index contributed by atoms with van der Waals surface area (Å²) in [5.41, 5.74) is 3.02. The van der Waals surface area contributed by atoms with Gasteiger partial charge in [0.2, 0.25) is 0 Å². The molecule has 28 heavy (non-hydrogen) atoms. The van der Waals surface area contributed by atoms with E-state index in [4.69, 9.17) is 4.74 Å². The largest absolute Gasteiger partial charge is 0.373 e. The van der Waals surface area contributed by atoms with Crippen LogP contribution in [0.1, 0.15) is 43.0 Å². The number of aryl methyl sites for hydroxylation is 1. The number of aromatic nitrogens is 2. The molecule has 1 aromatic heterocycles. The molecule has 2 aromatic rings. The van der Waals surface area contributed by atoms with E-state index in [1.165, 1.54) is 5.56 Å². The van der Waals surface area contributed by atoms with Crippen LogP contribution in [0.2, 0.25) is 0 Å². The van der Waals surface area contributed by atoms with Crippen molar-refractivity contribution in [1.29, 1.82) is 0 Å². The zero-order valence-corrected chi connectivity index (χ0v) is 16.6. The van der Waals surface area contributed by atoms with E-state index in [1.807, 2.05) is 19.3 Å². The maximum absolute atomic E-state index is 12.5. The molecule has 7 heteroatoms. The van der Waals surface area contributed by atoms with Gasteiger partial charge >= 0.3 is 6.03 Å². The molecule has 2 fully saturated rings. The third kappa shape index (κ3) is 4.20. The number of ether oxygens (including phenoxy) is 1. The summed E-state index contributed by atoms with van der Waals surface area (Å²) >= 11 is 0. The van der Waals surface area contributed by atoms with E-state index in [1.54, 1.807) is 4.68 Å². The summed E-state index contributed by atoms with van der Waals surface area (Å²) in [6, 6.07) is 10.3. The molecule has 0 spiro atoms. The van der Waals surface area contributed by atoms with E-state index in [-0.39, 0.29) is 18.2 Å². The number of rotatable bonds is 6. The molecule has 1 saturated heterocycles. The quantitative estimate of drug-likeness (QED) is 0.805. The summed E-state index contributed by atoms with van der Waals surface area (Å²) in [6.45, 7) is 5.16. The van der Waals surface area contributed by atoms with Gasteiger partial charge in [0.25, 0.3) is 0 Å². The van der Waals surface area contributed by atoms with Crippen LogP contribution in [-0.2, 0) is 11.8 Å². The molecule has 1 aliphatic carbocycles. The molecule has 2 atom stereocenters. The summed E-state index contributed by atoms with van der Waals surface area (Å²) in [7, 11) is 1.88. The number of nitrogens with zero attached hydrogens (tertiary/aromatic N) is 3. The Morgan fingerprint density at radius 1 is 1.29 bits per heavy atom. The molecule has 0 radical (unpaired) electrons. The summed E-state index contributed by atoms with van der Waals surface area (Å²) in [4.78, 5) is 14.9. The van der Waals surface area contributed by atoms with Gasteiger partial charge in [0.15, 0.2) is 0 Å². The summed E-state index contributed by atoms with van der Waals surface area (Å²) in [5.74, 6) is 0.485. The third-order valence-electron chi connectivity index (χ3n) is 5.54. The predicted molar refractivity (Wildman–Crippen MR) is 108 cm³/mol. The summed E-state index contributed by atoms with van der Waals surface area (Å²) in [5, 5.41) is 10.5. The summed E-state index contributed by atoms with van der Waals surface area (Å²) < 4.78 is 7.82. The summed E-state index contributed by atoms with van der Waals surface area (Å²) in [6.07, 6.45) is 4.08. The number of anilines is 1. The van der Waals surface area contributed by atoms with Crippen LogP contribution in [0.5, 0.6) is 0 Å². The second-order valence-corrected chi connectivity index (χ2v) is 7.60. The lowest BCUT2D eigenvalue weighted by Crippen LogP contribution is -2.50. The van der Waals surface area contributed by atoms with Gasteiger partial charge in [-0.05, 0) is 24.9 Å². The van der Waals surface area contributed by atoms with Crippen LogP contribution in [0.25, 0.3) is 0 Å². The Balaban J connectivity index is 1.40. The molecule has 2 aliphatic rings. The Kier molecular flexibility index (Phi) is 5.64.